The van der Waals surface area contributed by atoms with Crippen molar-refractivity contribution in [2.75, 3.05) is 19.7 Å². The quantitative estimate of drug-likeness (QED) is 0.527. The molecule has 0 aromatic carbocycles. The summed E-state index contributed by atoms with van der Waals surface area (Å²) < 4.78 is 31.8. The van der Waals surface area contributed by atoms with E-state index in [0.717, 1.165) is 4.31 Å². The van der Waals surface area contributed by atoms with Crippen LogP contribution in [0.3, 0.4) is 0 Å². The van der Waals surface area contributed by atoms with Gasteiger partial charge in [0.05, 0.1) is 12.9 Å². The third kappa shape index (κ3) is 3.90. The van der Waals surface area contributed by atoms with E-state index in [0.29, 0.717) is 0 Å². The highest BCUT2D eigenvalue weighted by Gasteiger charge is 2.28. The Morgan fingerprint density at radius 1 is 1.63 bits per heavy atom. The fourth-order valence-electron chi connectivity index (χ4n) is 1.40. The molecule has 0 aliphatic carbocycles. The van der Waals surface area contributed by atoms with E-state index in [9.17, 15) is 13.2 Å². The van der Waals surface area contributed by atoms with E-state index in [-0.39, 0.29) is 24.7 Å². The molecular formula is C11H17N3O4S. The molecule has 0 fully saturated rings. The Labute approximate surface area is 112 Å². The number of hydrogen-bond donors (Lipinski definition) is 0. The van der Waals surface area contributed by atoms with Gasteiger partial charge in [0.25, 0.3) is 10.0 Å². The first-order valence-corrected chi connectivity index (χ1v) is 7.10. The highest BCUT2D eigenvalue weighted by atomic mass is 32.2. The Hall–Kier alpha value is -1.67. The van der Waals surface area contributed by atoms with Crippen LogP contribution in [0.2, 0.25) is 0 Å². The van der Waals surface area contributed by atoms with Crippen LogP contribution in [0.15, 0.2) is 30.2 Å². The molecule has 1 rings (SSSR count). The normalized spacial score (nSPS) is 11.5. The highest BCUT2D eigenvalue weighted by Crippen LogP contribution is 2.12. The minimum atomic E-state index is -3.83. The van der Waals surface area contributed by atoms with Gasteiger partial charge in [-0.15, -0.1) is 6.58 Å². The molecule has 0 aliphatic heterocycles. The number of hydrogen-bond acceptors (Lipinski definition) is 5. The monoisotopic (exact) mass is 287 g/mol. The van der Waals surface area contributed by atoms with Gasteiger partial charge in [-0.1, -0.05) is 6.08 Å². The van der Waals surface area contributed by atoms with Crippen molar-refractivity contribution in [2.24, 2.45) is 7.05 Å². The number of ether oxygens (including phenoxy) is 1. The fourth-order valence-corrected chi connectivity index (χ4v) is 2.72. The van der Waals surface area contributed by atoms with Gasteiger partial charge in [-0.25, -0.2) is 13.4 Å². The van der Waals surface area contributed by atoms with Gasteiger partial charge in [0.1, 0.15) is 6.54 Å². The van der Waals surface area contributed by atoms with E-state index in [2.05, 4.69) is 11.6 Å². The summed E-state index contributed by atoms with van der Waals surface area (Å²) in [5.74, 6) is -0.608. The van der Waals surface area contributed by atoms with Gasteiger partial charge in [-0.05, 0) is 6.92 Å². The Morgan fingerprint density at radius 3 is 2.79 bits per heavy atom. The van der Waals surface area contributed by atoms with Gasteiger partial charge in [0.15, 0.2) is 5.03 Å². The van der Waals surface area contributed by atoms with Crippen LogP contribution in [0.4, 0.5) is 0 Å². The first-order chi connectivity index (χ1) is 8.91. The number of esters is 1. The first kappa shape index (κ1) is 15.4. The van der Waals surface area contributed by atoms with E-state index < -0.39 is 16.0 Å². The third-order valence-corrected chi connectivity index (χ3v) is 3.93. The summed E-state index contributed by atoms with van der Waals surface area (Å²) >= 11 is 0. The molecule has 106 valence electrons. The summed E-state index contributed by atoms with van der Waals surface area (Å²) in [7, 11) is -2.16. The van der Waals surface area contributed by atoms with Gasteiger partial charge >= 0.3 is 5.97 Å². The van der Waals surface area contributed by atoms with Crippen LogP contribution < -0.4 is 0 Å². The molecule has 0 spiro atoms. The van der Waals surface area contributed by atoms with Crippen molar-refractivity contribution in [1.29, 1.82) is 0 Å². The minimum absolute atomic E-state index is 0.0116. The molecule has 8 heteroatoms. The molecule has 0 bridgehead atoms. The smallest absolute Gasteiger partial charge is 0.321 e. The van der Waals surface area contributed by atoms with Crippen molar-refractivity contribution in [3.8, 4) is 0 Å². The maximum atomic E-state index is 12.3. The molecule has 1 aromatic rings. The largest absolute Gasteiger partial charge is 0.465 e. The van der Waals surface area contributed by atoms with Gasteiger partial charge in [-0.3, -0.25) is 4.79 Å². The number of imidazole rings is 1. The average Bonchev–Trinajstić information content (AvgIpc) is 2.76. The van der Waals surface area contributed by atoms with E-state index in [1.807, 2.05) is 0 Å². The van der Waals surface area contributed by atoms with Crippen LogP contribution in [0.1, 0.15) is 6.92 Å². The molecule has 1 heterocycles. The second-order valence-corrected chi connectivity index (χ2v) is 5.65. The summed E-state index contributed by atoms with van der Waals surface area (Å²) in [5, 5.41) is -0.110. The van der Waals surface area contributed by atoms with Crippen LogP contribution in [-0.4, -0.2) is 47.9 Å². The van der Waals surface area contributed by atoms with Crippen molar-refractivity contribution in [3.05, 3.63) is 25.2 Å². The van der Waals surface area contributed by atoms with Gasteiger partial charge in [0.2, 0.25) is 0 Å². The molecule has 0 amide bonds. The van der Waals surface area contributed by atoms with E-state index in [1.54, 1.807) is 14.0 Å². The second kappa shape index (κ2) is 6.48. The van der Waals surface area contributed by atoms with Crippen molar-refractivity contribution in [3.63, 3.8) is 0 Å². The highest BCUT2D eigenvalue weighted by molar-refractivity contribution is 7.89. The lowest BCUT2D eigenvalue weighted by atomic mass is 10.5. The molecule has 1 aromatic heterocycles. The number of aryl methyl sites for hydroxylation is 1. The van der Waals surface area contributed by atoms with E-state index in [4.69, 9.17) is 4.74 Å². The Bertz CT molecular complexity index is 550. The summed E-state index contributed by atoms with van der Waals surface area (Å²) in [6.45, 7) is 4.99. The third-order valence-electron chi connectivity index (χ3n) is 2.23. The SMILES string of the molecule is C=CCN(CC(=O)OCC)S(=O)(=O)c1cn(C)cn1. The molecule has 0 unspecified atom stereocenters. The molecule has 19 heavy (non-hydrogen) atoms. The number of carbonyl (C=O) groups excluding carboxylic acids is 1. The molecule has 0 aliphatic rings. The van der Waals surface area contributed by atoms with E-state index in [1.165, 1.54) is 23.2 Å². The lowest BCUT2D eigenvalue weighted by Crippen LogP contribution is -2.36. The predicted octanol–water partition coefficient (Wildman–Crippen LogP) is 0.160. The van der Waals surface area contributed by atoms with Crippen LogP contribution in [0.5, 0.6) is 0 Å². The summed E-state index contributed by atoms with van der Waals surface area (Å²) in [5.41, 5.74) is 0. The standard InChI is InChI=1S/C11H17N3O4S/c1-4-6-14(8-11(15)18-5-2)19(16,17)10-7-13(3)9-12-10/h4,7,9H,1,5-6,8H2,2-3H3. The van der Waals surface area contributed by atoms with Gasteiger partial charge < -0.3 is 9.30 Å². The van der Waals surface area contributed by atoms with Crippen molar-refractivity contribution in [1.82, 2.24) is 13.9 Å². The Kier molecular flexibility index (Phi) is 5.25. The van der Waals surface area contributed by atoms with Gasteiger partial charge in [-0.2, -0.15) is 4.31 Å². The number of aromatic nitrogens is 2. The lowest BCUT2D eigenvalue weighted by molar-refractivity contribution is -0.143. The zero-order valence-corrected chi connectivity index (χ0v) is 11.8. The second-order valence-electron chi connectivity index (χ2n) is 3.77. The molecule has 0 saturated heterocycles. The lowest BCUT2D eigenvalue weighted by Gasteiger charge is -2.18. The van der Waals surface area contributed by atoms with Crippen molar-refractivity contribution >= 4 is 16.0 Å². The molecule has 0 N–H and O–H groups in total. The van der Waals surface area contributed by atoms with Crippen LogP contribution in [-0.2, 0) is 26.6 Å². The molecule has 7 nitrogen and oxygen atoms in total. The topological polar surface area (TPSA) is 81.5 Å². The number of sulfonamides is 1. The number of carbonyl (C=O) groups is 1. The maximum Gasteiger partial charge on any atom is 0.321 e. The van der Waals surface area contributed by atoms with Crippen molar-refractivity contribution in [2.45, 2.75) is 11.9 Å². The molecule has 0 atom stereocenters. The zero-order valence-electron chi connectivity index (χ0n) is 10.9. The van der Waals surface area contributed by atoms with Crippen LogP contribution >= 0.6 is 0 Å². The summed E-state index contributed by atoms with van der Waals surface area (Å²) in [6, 6.07) is 0. The summed E-state index contributed by atoms with van der Waals surface area (Å²) in [4.78, 5) is 15.2. The fraction of sp³-hybridized carbons (Fsp3) is 0.455. The zero-order chi connectivity index (χ0) is 14.5. The number of nitrogens with zero attached hydrogens (tertiary/aromatic N) is 3. The predicted molar refractivity (Wildman–Crippen MR) is 68.8 cm³/mol. The van der Waals surface area contributed by atoms with Crippen molar-refractivity contribution < 1.29 is 17.9 Å². The number of rotatable bonds is 7. The Balaban J connectivity index is 2.97. The van der Waals surface area contributed by atoms with Crippen LogP contribution in [0.25, 0.3) is 0 Å². The van der Waals surface area contributed by atoms with Gasteiger partial charge in [0, 0.05) is 19.8 Å². The van der Waals surface area contributed by atoms with E-state index >= 15 is 0 Å². The Morgan fingerprint density at radius 2 is 2.32 bits per heavy atom. The van der Waals surface area contributed by atoms with Crippen LogP contribution in [0, 0.1) is 0 Å². The minimum Gasteiger partial charge on any atom is -0.465 e. The summed E-state index contributed by atoms with van der Waals surface area (Å²) in [6.07, 6.45) is 4.15. The first-order valence-electron chi connectivity index (χ1n) is 5.66. The maximum absolute atomic E-state index is 12.3. The molecular weight excluding hydrogens is 270 g/mol. The molecule has 0 saturated carbocycles. The molecule has 0 radical (unpaired) electrons. The average molecular weight is 287 g/mol.